The Morgan fingerprint density at radius 1 is 0.939 bits per heavy atom. The van der Waals surface area contributed by atoms with E-state index in [9.17, 15) is 18.0 Å². The summed E-state index contributed by atoms with van der Waals surface area (Å²) in [5.74, 6) is -2.07. The Balaban J connectivity index is 1.55. The van der Waals surface area contributed by atoms with E-state index in [1.165, 1.54) is 42.5 Å². The second kappa shape index (κ2) is 10.0. The molecule has 2 unspecified atom stereocenters. The molecule has 0 aromatic heterocycles. The second-order valence-corrected chi connectivity index (χ2v) is 7.81. The molecule has 0 aliphatic carbocycles. The van der Waals surface area contributed by atoms with Gasteiger partial charge in [0.1, 0.15) is 23.6 Å². The van der Waals surface area contributed by atoms with E-state index in [1.54, 1.807) is 12.1 Å². The highest BCUT2D eigenvalue weighted by Crippen LogP contribution is 2.23. The Hall–Kier alpha value is -3.40. The van der Waals surface area contributed by atoms with Gasteiger partial charge in [0.2, 0.25) is 5.96 Å². The van der Waals surface area contributed by atoms with Crippen molar-refractivity contribution >= 4 is 29.2 Å². The van der Waals surface area contributed by atoms with Gasteiger partial charge in [-0.15, -0.1) is 0 Å². The molecule has 33 heavy (non-hydrogen) atoms. The van der Waals surface area contributed by atoms with Crippen molar-refractivity contribution in [3.63, 3.8) is 0 Å². The van der Waals surface area contributed by atoms with Crippen LogP contribution in [0.5, 0.6) is 0 Å². The molecule has 4 N–H and O–H groups in total. The van der Waals surface area contributed by atoms with Gasteiger partial charge in [0.05, 0.1) is 0 Å². The number of hydrogen-bond acceptors (Lipinski definition) is 4. The first-order valence-corrected chi connectivity index (χ1v) is 10.4. The first kappa shape index (κ1) is 22.8. The summed E-state index contributed by atoms with van der Waals surface area (Å²) < 4.78 is 40.5. The molecular formula is C23H19ClF3N5O. The molecule has 170 valence electrons. The molecule has 0 bridgehead atoms. The average Bonchev–Trinajstić information content (AvgIpc) is 3.22. The molecule has 0 radical (unpaired) electrons. The normalized spacial score (nSPS) is 18.2. The number of hydrogen-bond donors (Lipinski definition) is 4. The van der Waals surface area contributed by atoms with E-state index in [0.29, 0.717) is 6.42 Å². The number of carbonyl (C=O) groups is 1. The van der Waals surface area contributed by atoms with Crippen LogP contribution in [0.4, 0.5) is 18.9 Å². The zero-order valence-corrected chi connectivity index (χ0v) is 17.8. The highest BCUT2D eigenvalue weighted by atomic mass is 35.5. The van der Waals surface area contributed by atoms with E-state index in [4.69, 9.17) is 11.6 Å². The molecule has 1 heterocycles. The Bertz CT molecular complexity index is 1170. The molecule has 1 aliphatic rings. The number of rotatable bonds is 4. The summed E-state index contributed by atoms with van der Waals surface area (Å²) >= 11 is 5.92. The molecular weight excluding hydrogens is 455 g/mol. The summed E-state index contributed by atoms with van der Waals surface area (Å²) in [6.45, 7) is 0. The number of nitrogens with one attached hydrogen (secondary N) is 4. The third-order valence-corrected chi connectivity index (χ3v) is 5.10. The van der Waals surface area contributed by atoms with Crippen LogP contribution in [0, 0.1) is 17.5 Å². The topological polar surface area (TPSA) is 77.5 Å². The maximum Gasteiger partial charge on any atom is 0.258 e. The molecule has 10 heteroatoms. The van der Waals surface area contributed by atoms with Crippen LogP contribution in [-0.2, 0) is 0 Å². The summed E-state index contributed by atoms with van der Waals surface area (Å²) in [4.78, 5) is 17.1. The first-order valence-electron chi connectivity index (χ1n) is 10.00. The number of aliphatic imine (C=N–C) groups is 1. The fourth-order valence-electron chi connectivity index (χ4n) is 3.36. The van der Waals surface area contributed by atoms with Gasteiger partial charge >= 0.3 is 0 Å². The quantitative estimate of drug-likeness (QED) is 0.332. The molecule has 1 amide bonds. The van der Waals surface area contributed by atoms with E-state index < -0.39 is 23.7 Å². The molecule has 3 aromatic carbocycles. The number of guanidine groups is 1. The van der Waals surface area contributed by atoms with E-state index in [-0.39, 0.29) is 34.1 Å². The van der Waals surface area contributed by atoms with Gasteiger partial charge in [-0.25, -0.2) is 29.0 Å². The number of hydrazine groups is 1. The van der Waals surface area contributed by atoms with Gasteiger partial charge in [-0.2, -0.15) is 0 Å². The monoisotopic (exact) mass is 473 g/mol. The fraction of sp³-hybridized carbons (Fsp3) is 0.130. The standard InChI is InChI=1S/C23H19ClF3N5O/c24-15-9-18(27)11-19(10-15)28-23(30-22(33)14-2-1-3-17(26)8-14)29-21-12-20(31-32-21)13-4-6-16(25)7-5-13/h1-11,20-21,31-32H,12H2,(H2,28,29,30,33). The third kappa shape index (κ3) is 6.10. The van der Waals surface area contributed by atoms with Crippen molar-refractivity contribution in [1.29, 1.82) is 0 Å². The van der Waals surface area contributed by atoms with Crippen molar-refractivity contribution in [2.24, 2.45) is 4.99 Å². The summed E-state index contributed by atoms with van der Waals surface area (Å²) in [5.41, 5.74) is 7.28. The number of benzene rings is 3. The van der Waals surface area contributed by atoms with Gasteiger partial charge in [0.15, 0.2) is 0 Å². The Morgan fingerprint density at radius 2 is 1.73 bits per heavy atom. The van der Waals surface area contributed by atoms with Gasteiger partial charge in [-0.05, 0) is 54.1 Å². The first-order chi connectivity index (χ1) is 15.9. The van der Waals surface area contributed by atoms with Crippen molar-refractivity contribution < 1.29 is 18.0 Å². The fourth-order valence-corrected chi connectivity index (χ4v) is 3.58. The summed E-state index contributed by atoms with van der Waals surface area (Å²) in [6, 6.07) is 14.9. The van der Waals surface area contributed by atoms with Gasteiger partial charge in [0.25, 0.3) is 5.91 Å². The number of nitrogens with zero attached hydrogens (tertiary/aromatic N) is 1. The lowest BCUT2D eigenvalue weighted by molar-refractivity contribution is 0.0976. The van der Waals surface area contributed by atoms with Gasteiger partial charge in [0, 0.05) is 28.7 Å². The smallest absolute Gasteiger partial charge is 0.258 e. The van der Waals surface area contributed by atoms with Crippen LogP contribution in [-0.4, -0.2) is 18.0 Å². The van der Waals surface area contributed by atoms with Crippen LogP contribution in [0.25, 0.3) is 0 Å². The van der Waals surface area contributed by atoms with Crippen LogP contribution in [0.15, 0.2) is 71.7 Å². The van der Waals surface area contributed by atoms with Gasteiger partial charge in [-0.3, -0.25) is 10.1 Å². The lowest BCUT2D eigenvalue weighted by Crippen LogP contribution is -2.39. The zero-order chi connectivity index (χ0) is 23.4. The molecule has 2 atom stereocenters. The SMILES string of the molecule is O=C(NC(=NC1CC(c2ccc(F)cc2)NN1)Nc1cc(F)cc(Cl)c1)c1cccc(F)c1. The maximum absolute atomic E-state index is 13.8. The van der Waals surface area contributed by atoms with Crippen molar-refractivity contribution in [2.75, 3.05) is 5.32 Å². The molecule has 6 nitrogen and oxygen atoms in total. The third-order valence-electron chi connectivity index (χ3n) is 4.88. The second-order valence-electron chi connectivity index (χ2n) is 7.37. The van der Waals surface area contributed by atoms with Crippen LogP contribution >= 0.6 is 11.6 Å². The van der Waals surface area contributed by atoms with E-state index >= 15 is 0 Å². The molecule has 0 spiro atoms. The van der Waals surface area contributed by atoms with E-state index in [0.717, 1.165) is 17.7 Å². The summed E-state index contributed by atoms with van der Waals surface area (Å²) in [7, 11) is 0. The predicted octanol–water partition coefficient (Wildman–Crippen LogP) is 4.52. The maximum atomic E-state index is 13.8. The number of carbonyl (C=O) groups excluding carboxylic acids is 1. The molecule has 3 aromatic rings. The van der Waals surface area contributed by atoms with Crippen LogP contribution < -0.4 is 21.5 Å². The number of anilines is 1. The number of halogens is 4. The lowest BCUT2D eigenvalue weighted by Gasteiger charge is -2.14. The minimum absolute atomic E-state index is 0.00461. The van der Waals surface area contributed by atoms with Crippen molar-refractivity contribution in [3.8, 4) is 0 Å². The molecule has 4 rings (SSSR count). The molecule has 1 aliphatic heterocycles. The number of amides is 1. The van der Waals surface area contributed by atoms with Crippen molar-refractivity contribution in [1.82, 2.24) is 16.2 Å². The molecule has 1 fully saturated rings. The summed E-state index contributed by atoms with van der Waals surface area (Å²) in [6.07, 6.45) is -0.00398. The van der Waals surface area contributed by atoms with Crippen molar-refractivity contribution in [2.45, 2.75) is 18.6 Å². The highest BCUT2D eigenvalue weighted by molar-refractivity contribution is 6.31. The Kier molecular flexibility index (Phi) is 6.93. The van der Waals surface area contributed by atoms with Crippen molar-refractivity contribution in [3.05, 3.63) is 100 Å². The average molecular weight is 474 g/mol. The van der Waals surface area contributed by atoms with E-state index in [2.05, 4.69) is 26.5 Å². The van der Waals surface area contributed by atoms with Crippen LogP contribution in [0.3, 0.4) is 0 Å². The Morgan fingerprint density at radius 3 is 2.45 bits per heavy atom. The van der Waals surface area contributed by atoms with E-state index in [1.807, 2.05) is 0 Å². The highest BCUT2D eigenvalue weighted by Gasteiger charge is 2.25. The van der Waals surface area contributed by atoms with Gasteiger partial charge in [-0.1, -0.05) is 29.8 Å². The molecule has 0 saturated carbocycles. The minimum Gasteiger partial charge on any atom is -0.326 e. The zero-order valence-electron chi connectivity index (χ0n) is 17.1. The molecule has 1 saturated heterocycles. The predicted molar refractivity (Wildman–Crippen MR) is 120 cm³/mol. The Labute approximate surface area is 192 Å². The minimum atomic E-state index is -0.607. The van der Waals surface area contributed by atoms with Gasteiger partial charge < -0.3 is 5.32 Å². The largest absolute Gasteiger partial charge is 0.326 e. The lowest BCUT2D eigenvalue weighted by atomic mass is 10.0. The summed E-state index contributed by atoms with van der Waals surface area (Å²) in [5, 5.41) is 5.59. The van der Waals surface area contributed by atoms with Crippen LogP contribution in [0.2, 0.25) is 5.02 Å². The van der Waals surface area contributed by atoms with Crippen LogP contribution in [0.1, 0.15) is 28.4 Å².